The number of methoxy groups -OCH3 is 3. The zero-order chi connectivity index (χ0) is 24.1. The first-order chi connectivity index (χ1) is 16.5. The van der Waals surface area contributed by atoms with Gasteiger partial charge in [0.1, 0.15) is 11.7 Å². The largest absolute Gasteiger partial charge is 0.493 e. The van der Waals surface area contributed by atoms with Crippen molar-refractivity contribution >= 4 is 18.0 Å². The molecule has 2 aromatic carbocycles. The van der Waals surface area contributed by atoms with Crippen molar-refractivity contribution in [1.82, 2.24) is 14.7 Å². The number of para-hydroxylation sites is 1. The predicted molar refractivity (Wildman–Crippen MR) is 128 cm³/mol. The third-order valence-electron chi connectivity index (χ3n) is 5.83. The van der Waals surface area contributed by atoms with Crippen molar-refractivity contribution in [2.24, 2.45) is 0 Å². The van der Waals surface area contributed by atoms with Gasteiger partial charge in [-0.25, -0.2) is 9.48 Å². The molecule has 8 heteroatoms. The van der Waals surface area contributed by atoms with Gasteiger partial charge in [-0.05, 0) is 49.2 Å². The molecular weight excluding hydrogens is 434 g/mol. The van der Waals surface area contributed by atoms with Crippen molar-refractivity contribution in [2.45, 2.75) is 18.9 Å². The molecule has 0 aliphatic carbocycles. The van der Waals surface area contributed by atoms with Crippen LogP contribution in [0.4, 0.5) is 0 Å². The number of nitrogens with zero attached hydrogens (tertiary/aromatic N) is 3. The number of hydrogen-bond acceptors (Lipinski definition) is 6. The molecule has 2 heterocycles. The number of hydrogen-bond donors (Lipinski definition) is 0. The number of carbonyl (C=O) groups is 2. The fraction of sp³-hybridized carbons (Fsp3) is 0.269. The maximum atomic E-state index is 12.9. The van der Waals surface area contributed by atoms with E-state index < -0.39 is 6.04 Å². The summed E-state index contributed by atoms with van der Waals surface area (Å²) in [5.74, 6) is 0.572. The van der Waals surface area contributed by atoms with E-state index in [2.05, 4.69) is 0 Å². The highest BCUT2D eigenvalue weighted by Gasteiger charge is 2.33. The fourth-order valence-electron chi connectivity index (χ4n) is 4.10. The molecule has 4 rings (SSSR count). The molecule has 0 spiro atoms. The highest BCUT2D eigenvalue weighted by molar-refractivity contribution is 5.95. The minimum atomic E-state index is -0.542. The summed E-state index contributed by atoms with van der Waals surface area (Å²) in [6.07, 6.45) is 6.45. The van der Waals surface area contributed by atoms with E-state index in [1.165, 1.54) is 13.2 Å². The molecule has 1 fully saturated rings. The number of amides is 1. The molecular formula is C26H27N3O5. The zero-order valence-electron chi connectivity index (χ0n) is 19.4. The van der Waals surface area contributed by atoms with Gasteiger partial charge in [0.25, 0.3) is 0 Å². The maximum absolute atomic E-state index is 12.9. The monoisotopic (exact) mass is 461 g/mol. The van der Waals surface area contributed by atoms with E-state index in [1.54, 1.807) is 29.9 Å². The minimum absolute atomic E-state index is 0.237. The van der Waals surface area contributed by atoms with Crippen LogP contribution < -0.4 is 9.47 Å². The molecule has 3 aromatic rings. The average Bonchev–Trinajstić information content (AvgIpc) is 3.55. The molecule has 8 nitrogen and oxygen atoms in total. The lowest BCUT2D eigenvalue weighted by Gasteiger charge is -2.20. The van der Waals surface area contributed by atoms with Crippen molar-refractivity contribution in [1.29, 1.82) is 0 Å². The normalized spacial score (nSPS) is 15.5. The molecule has 1 unspecified atom stereocenters. The Balaban J connectivity index is 1.71. The van der Waals surface area contributed by atoms with Crippen LogP contribution in [0.25, 0.3) is 23.0 Å². The van der Waals surface area contributed by atoms with Gasteiger partial charge < -0.3 is 19.1 Å². The second-order valence-corrected chi connectivity index (χ2v) is 7.83. The molecule has 1 aliphatic rings. The van der Waals surface area contributed by atoms with E-state index in [9.17, 15) is 9.59 Å². The summed E-state index contributed by atoms with van der Waals surface area (Å²) < 4.78 is 17.4. The van der Waals surface area contributed by atoms with E-state index in [-0.39, 0.29) is 11.9 Å². The van der Waals surface area contributed by atoms with Crippen molar-refractivity contribution < 1.29 is 23.8 Å². The molecule has 1 saturated heterocycles. The van der Waals surface area contributed by atoms with Crippen molar-refractivity contribution in [3.05, 3.63) is 66.4 Å². The Morgan fingerprint density at radius 2 is 1.79 bits per heavy atom. The van der Waals surface area contributed by atoms with E-state index in [0.29, 0.717) is 30.2 Å². The van der Waals surface area contributed by atoms with Gasteiger partial charge in [0.05, 0.1) is 27.0 Å². The van der Waals surface area contributed by atoms with Crippen LogP contribution in [0.3, 0.4) is 0 Å². The molecule has 1 aliphatic heterocycles. The second-order valence-electron chi connectivity index (χ2n) is 7.83. The van der Waals surface area contributed by atoms with Crippen LogP contribution in [0.1, 0.15) is 18.4 Å². The Hall–Kier alpha value is -4.07. The Labute approximate surface area is 198 Å². The van der Waals surface area contributed by atoms with Gasteiger partial charge in [0, 0.05) is 29.9 Å². The number of ether oxygens (including phenoxy) is 3. The maximum Gasteiger partial charge on any atom is 0.328 e. The van der Waals surface area contributed by atoms with Crippen LogP contribution in [0, 0.1) is 0 Å². The summed E-state index contributed by atoms with van der Waals surface area (Å²) in [6.45, 7) is 0.523. The number of aromatic nitrogens is 2. The predicted octanol–water partition coefficient (Wildman–Crippen LogP) is 3.73. The number of carbonyl (C=O) groups excluding carboxylic acids is 2. The average molecular weight is 462 g/mol. The lowest BCUT2D eigenvalue weighted by Crippen LogP contribution is -2.40. The first-order valence-electron chi connectivity index (χ1n) is 11.0. The van der Waals surface area contributed by atoms with Crippen LogP contribution in [-0.2, 0) is 14.3 Å². The SMILES string of the molecule is COC(=O)C1CCCN1C(=O)C=Cc1cn(-c2ccccc2)nc1-c1ccc(OC)c(OC)c1. The highest BCUT2D eigenvalue weighted by Crippen LogP contribution is 2.34. The van der Waals surface area contributed by atoms with E-state index in [4.69, 9.17) is 19.3 Å². The minimum Gasteiger partial charge on any atom is -0.493 e. The van der Waals surface area contributed by atoms with Crippen LogP contribution in [-0.4, -0.2) is 60.5 Å². The van der Waals surface area contributed by atoms with Gasteiger partial charge in [-0.2, -0.15) is 5.10 Å². The number of rotatable bonds is 7. The lowest BCUT2D eigenvalue weighted by molar-refractivity contribution is -0.149. The summed E-state index contributed by atoms with van der Waals surface area (Å²) in [5.41, 5.74) is 3.13. The standard InChI is InChI=1S/C26H27N3O5/c1-32-22-13-11-18(16-23(22)33-2)25-19(17-29(27-25)20-8-5-4-6-9-20)12-14-24(30)28-15-7-10-21(28)26(31)34-3/h4-6,8-9,11-14,16-17,21H,7,10,15H2,1-3H3. The first-order valence-corrected chi connectivity index (χ1v) is 11.0. The Kier molecular flexibility index (Phi) is 6.96. The van der Waals surface area contributed by atoms with Crippen LogP contribution in [0.2, 0.25) is 0 Å². The van der Waals surface area contributed by atoms with Gasteiger partial charge in [-0.15, -0.1) is 0 Å². The van der Waals surface area contributed by atoms with Crippen molar-refractivity contribution in [3.8, 4) is 28.4 Å². The molecule has 0 saturated carbocycles. The molecule has 1 atom stereocenters. The molecule has 176 valence electrons. The van der Waals surface area contributed by atoms with Gasteiger partial charge >= 0.3 is 5.97 Å². The highest BCUT2D eigenvalue weighted by atomic mass is 16.5. The van der Waals surface area contributed by atoms with Gasteiger partial charge in [0.15, 0.2) is 11.5 Å². The second kappa shape index (κ2) is 10.2. The van der Waals surface area contributed by atoms with E-state index in [0.717, 1.165) is 23.2 Å². The van der Waals surface area contributed by atoms with E-state index >= 15 is 0 Å². The topological polar surface area (TPSA) is 82.9 Å². The summed E-state index contributed by atoms with van der Waals surface area (Å²) >= 11 is 0. The van der Waals surface area contributed by atoms with Gasteiger partial charge in [-0.1, -0.05) is 18.2 Å². The molecule has 1 aromatic heterocycles. The quantitative estimate of drug-likeness (QED) is 0.394. The van der Waals surface area contributed by atoms with Crippen LogP contribution >= 0.6 is 0 Å². The van der Waals surface area contributed by atoms with Gasteiger partial charge in [-0.3, -0.25) is 4.79 Å². The third kappa shape index (κ3) is 4.66. The van der Waals surface area contributed by atoms with Crippen LogP contribution in [0.5, 0.6) is 11.5 Å². The van der Waals surface area contributed by atoms with E-state index in [1.807, 2.05) is 54.7 Å². The molecule has 34 heavy (non-hydrogen) atoms. The molecule has 1 amide bonds. The number of esters is 1. The lowest BCUT2D eigenvalue weighted by atomic mass is 10.1. The summed E-state index contributed by atoms with van der Waals surface area (Å²) in [5, 5.41) is 4.78. The number of likely N-dealkylation sites (tertiary alicyclic amines) is 1. The smallest absolute Gasteiger partial charge is 0.328 e. The Morgan fingerprint density at radius 3 is 2.50 bits per heavy atom. The van der Waals surface area contributed by atoms with Crippen molar-refractivity contribution in [2.75, 3.05) is 27.9 Å². The zero-order valence-corrected chi connectivity index (χ0v) is 19.4. The summed E-state index contributed by atoms with van der Waals surface area (Å²) in [4.78, 5) is 26.5. The number of benzene rings is 2. The third-order valence-corrected chi connectivity index (χ3v) is 5.83. The van der Waals surface area contributed by atoms with Crippen LogP contribution in [0.15, 0.2) is 60.8 Å². The van der Waals surface area contributed by atoms with Crippen molar-refractivity contribution in [3.63, 3.8) is 0 Å². The summed E-state index contributed by atoms with van der Waals surface area (Å²) in [6, 6.07) is 14.7. The Bertz CT molecular complexity index is 1200. The summed E-state index contributed by atoms with van der Waals surface area (Å²) in [7, 11) is 4.51. The Morgan fingerprint density at radius 1 is 1.03 bits per heavy atom. The first kappa shape index (κ1) is 23.1. The molecule has 0 N–H and O–H groups in total. The molecule has 0 bridgehead atoms. The molecule has 0 radical (unpaired) electrons. The van der Waals surface area contributed by atoms with Gasteiger partial charge in [0.2, 0.25) is 5.91 Å². The fourth-order valence-corrected chi connectivity index (χ4v) is 4.10.